The van der Waals surface area contributed by atoms with Crippen LogP contribution in [0.5, 0.6) is 0 Å². The summed E-state index contributed by atoms with van der Waals surface area (Å²) in [6.45, 7) is 2.80. The number of carbonyl (C=O) groups is 2. The number of benzene rings is 3. The zero-order valence-corrected chi connectivity index (χ0v) is 28.0. The molecule has 262 valence electrons. The maximum Gasteiger partial charge on any atom is 0.421 e. The Morgan fingerprint density at radius 1 is 0.940 bits per heavy atom. The number of nitrogens with zero attached hydrogens (tertiary/aromatic N) is 4. The highest BCUT2D eigenvalue weighted by molar-refractivity contribution is 7.90. The van der Waals surface area contributed by atoms with Crippen LogP contribution in [0.3, 0.4) is 0 Å². The SMILES string of the molecule is CS(=O)(=O)c1cccc(CNc2nc(Nc3ccc(C4CCN(Cc5cccc(N6CCC(=O)NC6=O)c5)CC4)cc3)ncc2C(F)(F)F)c1. The first-order valence-electron chi connectivity index (χ1n) is 16.1. The lowest BCUT2D eigenvalue weighted by molar-refractivity contribution is -0.137. The van der Waals surface area contributed by atoms with Crippen molar-refractivity contribution in [1.82, 2.24) is 20.2 Å². The van der Waals surface area contributed by atoms with Crippen molar-refractivity contribution in [2.24, 2.45) is 0 Å². The lowest BCUT2D eigenvalue weighted by Crippen LogP contribution is -2.49. The van der Waals surface area contributed by atoms with E-state index in [1.165, 1.54) is 18.2 Å². The van der Waals surface area contributed by atoms with Gasteiger partial charge in [-0.2, -0.15) is 18.2 Å². The van der Waals surface area contributed by atoms with Gasteiger partial charge in [0.2, 0.25) is 11.9 Å². The van der Waals surface area contributed by atoms with Crippen LogP contribution in [-0.4, -0.2) is 61.1 Å². The number of aromatic nitrogens is 2. The molecule has 0 radical (unpaired) electrons. The summed E-state index contributed by atoms with van der Waals surface area (Å²) in [5.74, 6) is -0.366. The van der Waals surface area contributed by atoms with Gasteiger partial charge in [0.1, 0.15) is 11.4 Å². The van der Waals surface area contributed by atoms with Gasteiger partial charge in [-0.05, 0) is 84.9 Å². The summed E-state index contributed by atoms with van der Waals surface area (Å²) in [4.78, 5) is 35.8. The number of hydrogen-bond donors (Lipinski definition) is 3. The molecule has 0 unspecified atom stereocenters. The van der Waals surface area contributed by atoms with Crippen LogP contribution < -0.4 is 20.9 Å². The predicted octanol–water partition coefficient (Wildman–Crippen LogP) is 6.08. The highest BCUT2D eigenvalue weighted by atomic mass is 32.2. The number of carbonyl (C=O) groups excluding carboxylic acids is 2. The van der Waals surface area contributed by atoms with E-state index in [1.807, 2.05) is 48.5 Å². The number of nitrogens with one attached hydrogen (secondary N) is 3. The minimum absolute atomic E-state index is 0.0232. The molecule has 2 aliphatic rings. The van der Waals surface area contributed by atoms with Crippen LogP contribution in [0, 0.1) is 0 Å². The lowest BCUT2D eigenvalue weighted by atomic mass is 9.89. The van der Waals surface area contributed by atoms with Crippen molar-refractivity contribution in [3.8, 4) is 0 Å². The molecule has 0 aliphatic carbocycles. The number of anilines is 4. The van der Waals surface area contributed by atoms with Crippen molar-refractivity contribution < 1.29 is 31.2 Å². The first-order chi connectivity index (χ1) is 23.8. The Labute approximate surface area is 287 Å². The highest BCUT2D eigenvalue weighted by Crippen LogP contribution is 2.35. The van der Waals surface area contributed by atoms with E-state index in [1.54, 1.807) is 11.0 Å². The number of likely N-dealkylation sites (tertiary alicyclic amines) is 1. The van der Waals surface area contributed by atoms with Crippen LogP contribution in [-0.2, 0) is 33.9 Å². The van der Waals surface area contributed by atoms with E-state index >= 15 is 0 Å². The smallest absolute Gasteiger partial charge is 0.365 e. The largest absolute Gasteiger partial charge is 0.421 e. The first-order valence-corrected chi connectivity index (χ1v) is 18.0. The maximum absolute atomic E-state index is 13.8. The molecule has 3 N–H and O–H groups in total. The molecule has 50 heavy (non-hydrogen) atoms. The Hall–Kier alpha value is -5.02. The molecule has 11 nitrogen and oxygen atoms in total. The van der Waals surface area contributed by atoms with Crippen molar-refractivity contribution in [3.63, 3.8) is 0 Å². The monoisotopic (exact) mass is 707 g/mol. The van der Waals surface area contributed by atoms with Gasteiger partial charge in [-0.25, -0.2) is 18.2 Å². The molecule has 0 atom stereocenters. The summed E-state index contributed by atoms with van der Waals surface area (Å²) >= 11 is 0. The molecule has 3 amide bonds. The lowest BCUT2D eigenvalue weighted by Gasteiger charge is -2.32. The second-order valence-electron chi connectivity index (χ2n) is 12.4. The van der Waals surface area contributed by atoms with Crippen molar-refractivity contribution in [2.75, 3.05) is 41.4 Å². The quantitative estimate of drug-likeness (QED) is 0.179. The zero-order chi connectivity index (χ0) is 35.5. The van der Waals surface area contributed by atoms with E-state index in [0.717, 1.165) is 61.7 Å². The zero-order valence-electron chi connectivity index (χ0n) is 27.2. The van der Waals surface area contributed by atoms with Crippen molar-refractivity contribution in [3.05, 3.63) is 101 Å². The number of imide groups is 1. The van der Waals surface area contributed by atoms with Gasteiger partial charge in [0, 0.05) is 49.9 Å². The standard InChI is InChI=1S/C35H36F3N7O4S/c1-50(48,49)29-7-3-4-23(19-29)20-39-32-30(35(36,37)38)21-40-33(43-32)41-27-10-8-25(9-11-27)26-12-15-44(16-13-26)22-24-5-2-6-28(18-24)45-17-14-31(46)42-34(45)47/h2-11,18-19,21,26H,12-17,20,22H2,1H3,(H,42,46,47)(H2,39,40,41,43). The van der Waals surface area contributed by atoms with Crippen LogP contribution in [0.25, 0.3) is 0 Å². The van der Waals surface area contributed by atoms with Gasteiger partial charge in [-0.1, -0.05) is 36.4 Å². The van der Waals surface area contributed by atoms with Gasteiger partial charge in [0.25, 0.3) is 0 Å². The Kier molecular flexibility index (Phi) is 10.1. The van der Waals surface area contributed by atoms with Crippen LogP contribution in [0.4, 0.5) is 41.1 Å². The molecule has 6 rings (SSSR count). The summed E-state index contributed by atoms with van der Waals surface area (Å²) in [6.07, 6.45) is -0.745. The van der Waals surface area contributed by atoms with E-state index < -0.39 is 33.4 Å². The topological polar surface area (TPSA) is 137 Å². The molecule has 1 aromatic heterocycles. The number of alkyl halides is 3. The molecular formula is C35H36F3N7O4S. The molecule has 0 spiro atoms. The molecule has 0 saturated carbocycles. The number of hydrogen-bond acceptors (Lipinski definition) is 9. The Morgan fingerprint density at radius 3 is 2.36 bits per heavy atom. The van der Waals surface area contributed by atoms with E-state index in [9.17, 15) is 31.2 Å². The van der Waals surface area contributed by atoms with E-state index in [0.29, 0.717) is 23.7 Å². The van der Waals surface area contributed by atoms with Crippen LogP contribution in [0.1, 0.15) is 47.4 Å². The van der Waals surface area contributed by atoms with E-state index in [4.69, 9.17) is 0 Å². The number of rotatable bonds is 10. The number of urea groups is 1. The van der Waals surface area contributed by atoms with Crippen molar-refractivity contribution in [2.45, 2.75) is 49.3 Å². The third-order valence-corrected chi connectivity index (χ3v) is 9.90. The second kappa shape index (κ2) is 14.5. The first kappa shape index (κ1) is 34.8. The second-order valence-corrected chi connectivity index (χ2v) is 14.5. The number of piperidine rings is 1. The molecule has 2 aliphatic heterocycles. The molecule has 3 heterocycles. The molecule has 15 heteroatoms. The number of sulfone groups is 1. The van der Waals surface area contributed by atoms with Crippen LogP contribution in [0.2, 0.25) is 0 Å². The Bertz CT molecular complexity index is 1980. The van der Waals surface area contributed by atoms with Crippen molar-refractivity contribution >= 4 is 44.9 Å². The van der Waals surface area contributed by atoms with E-state index in [2.05, 4.69) is 30.8 Å². The van der Waals surface area contributed by atoms with E-state index in [-0.39, 0.29) is 29.7 Å². The molecule has 0 bridgehead atoms. The minimum atomic E-state index is -4.70. The molecule has 4 aromatic rings. The minimum Gasteiger partial charge on any atom is -0.365 e. The third kappa shape index (κ3) is 8.58. The average Bonchev–Trinajstić information content (AvgIpc) is 3.07. The summed E-state index contributed by atoms with van der Waals surface area (Å²) in [5, 5.41) is 8.04. The van der Waals surface area contributed by atoms with Gasteiger partial charge in [-0.3, -0.25) is 19.9 Å². The molecule has 2 saturated heterocycles. The van der Waals surface area contributed by atoms with Crippen molar-refractivity contribution in [1.29, 1.82) is 0 Å². The number of halogens is 3. The van der Waals surface area contributed by atoms with Crippen LogP contribution >= 0.6 is 0 Å². The Balaban J connectivity index is 1.05. The van der Waals surface area contributed by atoms with Gasteiger partial charge in [0.05, 0.1) is 4.90 Å². The molecular weight excluding hydrogens is 671 g/mol. The summed E-state index contributed by atoms with van der Waals surface area (Å²) in [5.41, 5.74) is 3.07. The van der Waals surface area contributed by atoms with Gasteiger partial charge < -0.3 is 10.6 Å². The van der Waals surface area contributed by atoms with Gasteiger partial charge in [0.15, 0.2) is 9.84 Å². The highest BCUT2D eigenvalue weighted by Gasteiger charge is 2.35. The predicted molar refractivity (Wildman–Crippen MR) is 183 cm³/mol. The molecule has 3 aromatic carbocycles. The molecule has 2 fully saturated rings. The maximum atomic E-state index is 13.8. The Morgan fingerprint density at radius 2 is 1.66 bits per heavy atom. The van der Waals surface area contributed by atoms with Gasteiger partial charge >= 0.3 is 12.2 Å². The fourth-order valence-electron chi connectivity index (χ4n) is 6.14. The fraction of sp³-hybridized carbons (Fsp3) is 0.314. The van der Waals surface area contributed by atoms with Gasteiger partial charge in [-0.15, -0.1) is 0 Å². The summed E-state index contributed by atoms with van der Waals surface area (Å²) in [7, 11) is -3.48. The summed E-state index contributed by atoms with van der Waals surface area (Å²) < 4.78 is 65.1. The average molecular weight is 708 g/mol. The summed E-state index contributed by atoms with van der Waals surface area (Å²) in [6, 6.07) is 21.1. The normalized spacial score (nSPS) is 16.3. The van der Waals surface area contributed by atoms with Crippen LogP contribution in [0.15, 0.2) is 83.9 Å². The third-order valence-electron chi connectivity index (χ3n) is 8.79. The number of amides is 3. The fourth-order valence-corrected chi connectivity index (χ4v) is 6.83.